The molecule has 0 aliphatic carbocycles. The van der Waals surface area contributed by atoms with Crippen molar-refractivity contribution >= 4 is 5.69 Å². The topological polar surface area (TPSA) is 53.3 Å². The van der Waals surface area contributed by atoms with E-state index in [4.69, 9.17) is 0 Å². The SMILES string of the molecule is Cc1cc(C)cc(-n2ccnc2-c2[c-]c(CCc3cccc(N4C=CN[CH-]4)c3O)ccc2)c1.[Pt+2]. The van der Waals surface area contributed by atoms with Gasteiger partial charge in [-0.05, 0) is 74.0 Å². The summed E-state index contributed by atoms with van der Waals surface area (Å²) < 4.78 is 2.11. The van der Waals surface area contributed by atoms with Crippen molar-refractivity contribution in [3.63, 3.8) is 0 Å². The number of para-hydroxylation sites is 1. The first-order chi connectivity index (χ1) is 16.1. The van der Waals surface area contributed by atoms with Crippen LogP contribution in [0.3, 0.4) is 0 Å². The number of aryl methyl sites for hydroxylation is 4. The van der Waals surface area contributed by atoms with Crippen molar-refractivity contribution < 1.29 is 26.2 Å². The molecule has 0 spiro atoms. The minimum atomic E-state index is 0. The number of rotatable bonds is 6. The molecule has 1 aliphatic rings. The Morgan fingerprint density at radius 3 is 2.59 bits per heavy atom. The van der Waals surface area contributed by atoms with Crippen LogP contribution in [0.1, 0.15) is 22.3 Å². The van der Waals surface area contributed by atoms with Crippen LogP contribution < -0.4 is 10.2 Å². The third kappa shape index (κ3) is 4.95. The van der Waals surface area contributed by atoms with E-state index in [0.717, 1.165) is 46.7 Å². The number of imidazole rings is 1. The second-order valence-corrected chi connectivity index (χ2v) is 8.36. The summed E-state index contributed by atoms with van der Waals surface area (Å²) in [6.45, 7) is 6.03. The number of phenolic OH excluding ortho intramolecular Hbond substituents is 1. The maximum absolute atomic E-state index is 10.8. The molecule has 0 amide bonds. The molecule has 4 aromatic rings. The van der Waals surface area contributed by atoms with Gasteiger partial charge in [-0.15, -0.1) is 35.4 Å². The van der Waals surface area contributed by atoms with Gasteiger partial charge in [-0.2, -0.15) is 6.67 Å². The van der Waals surface area contributed by atoms with Crippen LogP contribution in [0.2, 0.25) is 0 Å². The second-order valence-electron chi connectivity index (χ2n) is 8.36. The molecule has 34 heavy (non-hydrogen) atoms. The van der Waals surface area contributed by atoms with Gasteiger partial charge in [0.15, 0.2) is 0 Å². The number of aromatic hydroxyl groups is 1. The Kier molecular flexibility index (Phi) is 7.23. The summed E-state index contributed by atoms with van der Waals surface area (Å²) in [5.41, 5.74) is 7.27. The largest absolute Gasteiger partial charge is 2.00 e. The zero-order chi connectivity index (χ0) is 22.8. The summed E-state index contributed by atoms with van der Waals surface area (Å²) in [4.78, 5) is 6.50. The van der Waals surface area contributed by atoms with Crippen molar-refractivity contribution in [2.75, 3.05) is 4.90 Å². The van der Waals surface area contributed by atoms with E-state index in [-0.39, 0.29) is 21.1 Å². The van der Waals surface area contributed by atoms with E-state index < -0.39 is 0 Å². The van der Waals surface area contributed by atoms with Crippen LogP contribution in [0.15, 0.2) is 79.4 Å². The Balaban J connectivity index is 0.00000274. The minimum Gasteiger partial charge on any atom is -0.521 e. The molecule has 0 bridgehead atoms. The second kappa shape index (κ2) is 10.3. The quantitative estimate of drug-likeness (QED) is 0.279. The molecule has 3 aromatic carbocycles. The van der Waals surface area contributed by atoms with Crippen LogP contribution in [0.25, 0.3) is 17.1 Å². The molecule has 2 heterocycles. The van der Waals surface area contributed by atoms with Crippen LogP contribution in [0.4, 0.5) is 5.69 Å². The van der Waals surface area contributed by atoms with Crippen LogP contribution in [-0.2, 0) is 33.9 Å². The average molecular weight is 630 g/mol. The number of phenols is 1. The van der Waals surface area contributed by atoms with Crippen LogP contribution >= 0.6 is 0 Å². The van der Waals surface area contributed by atoms with Gasteiger partial charge in [0.2, 0.25) is 0 Å². The van der Waals surface area contributed by atoms with Crippen molar-refractivity contribution in [2.24, 2.45) is 0 Å². The minimum absolute atomic E-state index is 0. The Morgan fingerprint density at radius 2 is 1.82 bits per heavy atom. The molecule has 1 aliphatic heterocycles. The molecule has 5 nitrogen and oxygen atoms in total. The van der Waals surface area contributed by atoms with Gasteiger partial charge < -0.3 is 19.9 Å². The molecule has 0 fully saturated rings. The molecule has 0 atom stereocenters. The predicted molar refractivity (Wildman–Crippen MR) is 132 cm³/mol. The summed E-state index contributed by atoms with van der Waals surface area (Å²) in [7, 11) is 0. The van der Waals surface area contributed by atoms with Crippen LogP contribution in [0, 0.1) is 26.6 Å². The van der Waals surface area contributed by atoms with Crippen molar-refractivity contribution in [1.29, 1.82) is 0 Å². The number of aromatic nitrogens is 2. The molecule has 1 aromatic heterocycles. The number of benzene rings is 3. The number of hydrogen-bond acceptors (Lipinski definition) is 4. The van der Waals surface area contributed by atoms with Crippen LogP contribution in [0.5, 0.6) is 5.75 Å². The van der Waals surface area contributed by atoms with Gasteiger partial charge in [-0.25, -0.2) is 0 Å². The molecular formula is C28H26N4OPt. The van der Waals surface area contributed by atoms with Crippen LogP contribution in [-0.4, -0.2) is 14.7 Å². The molecule has 174 valence electrons. The maximum Gasteiger partial charge on any atom is 2.00 e. The summed E-state index contributed by atoms with van der Waals surface area (Å²) in [5.74, 6) is 1.18. The molecule has 0 radical (unpaired) electrons. The Labute approximate surface area is 215 Å². The van der Waals surface area contributed by atoms with E-state index in [0.29, 0.717) is 5.75 Å². The average Bonchev–Trinajstić information content (AvgIpc) is 3.50. The van der Waals surface area contributed by atoms with Gasteiger partial charge in [0, 0.05) is 18.1 Å². The van der Waals surface area contributed by atoms with Crippen molar-refractivity contribution in [1.82, 2.24) is 14.9 Å². The summed E-state index contributed by atoms with van der Waals surface area (Å²) in [5, 5.41) is 13.8. The normalized spacial score (nSPS) is 12.5. The van der Waals surface area contributed by atoms with Gasteiger partial charge in [-0.3, -0.25) is 4.98 Å². The molecule has 0 saturated carbocycles. The van der Waals surface area contributed by atoms with Gasteiger partial charge in [0.1, 0.15) is 5.75 Å². The number of hydrogen-bond donors (Lipinski definition) is 2. The Morgan fingerprint density at radius 1 is 1.03 bits per heavy atom. The van der Waals surface area contributed by atoms with Gasteiger partial charge in [0.05, 0.1) is 11.5 Å². The first-order valence-corrected chi connectivity index (χ1v) is 11.1. The van der Waals surface area contributed by atoms with E-state index >= 15 is 0 Å². The monoisotopic (exact) mass is 629 g/mol. The van der Waals surface area contributed by atoms with E-state index in [2.05, 4.69) is 59.0 Å². The molecule has 0 saturated heterocycles. The van der Waals surface area contributed by atoms with E-state index in [1.165, 1.54) is 11.1 Å². The number of anilines is 1. The van der Waals surface area contributed by atoms with E-state index in [1.54, 1.807) is 0 Å². The zero-order valence-electron chi connectivity index (χ0n) is 19.1. The van der Waals surface area contributed by atoms with Gasteiger partial charge in [-0.1, -0.05) is 18.2 Å². The third-order valence-corrected chi connectivity index (χ3v) is 5.81. The van der Waals surface area contributed by atoms with Gasteiger partial charge >= 0.3 is 21.1 Å². The van der Waals surface area contributed by atoms with Crippen molar-refractivity contribution in [3.8, 4) is 22.8 Å². The Bertz CT molecular complexity index is 1310. The molecule has 6 heteroatoms. The fourth-order valence-electron chi connectivity index (χ4n) is 4.29. The maximum atomic E-state index is 10.8. The predicted octanol–water partition coefficient (Wildman–Crippen LogP) is 5.44. The molecule has 5 rings (SSSR count). The molecular weight excluding hydrogens is 603 g/mol. The van der Waals surface area contributed by atoms with Crippen molar-refractivity contribution in [3.05, 3.63) is 114 Å². The number of nitrogens with one attached hydrogen (secondary N) is 1. The van der Waals surface area contributed by atoms with Crippen molar-refractivity contribution in [2.45, 2.75) is 26.7 Å². The summed E-state index contributed by atoms with van der Waals surface area (Å²) in [6.07, 6.45) is 9.02. The fraction of sp³-hybridized carbons (Fsp3) is 0.143. The first kappa shape index (κ1) is 23.8. The third-order valence-electron chi connectivity index (χ3n) is 5.81. The summed E-state index contributed by atoms with van der Waals surface area (Å²) >= 11 is 0. The van der Waals surface area contributed by atoms with E-state index in [9.17, 15) is 5.11 Å². The smallest absolute Gasteiger partial charge is 0.521 e. The zero-order valence-corrected chi connectivity index (χ0v) is 21.4. The summed E-state index contributed by atoms with van der Waals surface area (Å²) in [6, 6.07) is 22.1. The Hall–Kier alpha value is -3.30. The van der Waals surface area contributed by atoms with E-state index in [1.807, 2.05) is 66.7 Å². The molecule has 2 N–H and O–H groups in total. The first-order valence-electron chi connectivity index (χ1n) is 11.1. The number of nitrogens with zero attached hydrogens (tertiary/aromatic N) is 3. The molecule has 0 unspecified atom stereocenters. The van der Waals surface area contributed by atoms with Gasteiger partial charge in [0.25, 0.3) is 0 Å². The fourth-order valence-corrected chi connectivity index (χ4v) is 4.29. The standard InChI is InChI=1S/C28H26N4O.Pt/c1-20-15-21(2)17-25(16-20)32-14-12-30-28(32)24-7-3-5-22(18-24)9-10-23-6-4-8-26(27(23)33)31-13-11-29-19-31;/h3-8,11-17,19,29,33H,9-10H2,1-2H3;/q-2;+2.